The smallest absolute Gasteiger partial charge is 0.216 e. The Bertz CT molecular complexity index is 604. The van der Waals surface area contributed by atoms with E-state index in [1.807, 2.05) is 24.0 Å². The Labute approximate surface area is 161 Å². The zero-order valence-corrected chi connectivity index (χ0v) is 17.3. The summed E-state index contributed by atoms with van der Waals surface area (Å²) < 4.78 is 32.1. The van der Waals surface area contributed by atoms with Crippen LogP contribution in [-0.4, -0.2) is 57.3 Å². The quantitative estimate of drug-likeness (QED) is 0.358. The van der Waals surface area contributed by atoms with E-state index >= 15 is 0 Å². The van der Waals surface area contributed by atoms with Crippen molar-refractivity contribution in [1.29, 1.82) is 0 Å². The van der Waals surface area contributed by atoms with Crippen LogP contribution in [0, 0.1) is 0 Å². The summed E-state index contributed by atoms with van der Waals surface area (Å²) in [4.78, 5) is 6.61. The molecule has 0 amide bonds. The Morgan fingerprint density at radius 3 is 2.83 bits per heavy atom. The largest absolute Gasteiger partial charge is 0.469 e. The van der Waals surface area contributed by atoms with Gasteiger partial charge >= 0.3 is 0 Å². The summed E-state index contributed by atoms with van der Waals surface area (Å²) in [6, 6.07) is 3.79. The standard InChI is InChI=1S/C15H26N4O3S.HI/c1-3-16-15(17-9-7-13-6-5-11-22-13)19-10-8-14(12-19)23(20,21)18-4-2;/h5-6,11,14,18H,3-4,7-10,12H2,1-2H3,(H,16,17);1H. The highest BCUT2D eigenvalue weighted by molar-refractivity contribution is 14.0. The number of halogens is 1. The van der Waals surface area contributed by atoms with Crippen molar-refractivity contribution < 1.29 is 12.8 Å². The van der Waals surface area contributed by atoms with Crippen LogP contribution in [0.3, 0.4) is 0 Å². The molecule has 138 valence electrons. The molecule has 2 heterocycles. The Balaban J connectivity index is 0.00000288. The lowest BCUT2D eigenvalue weighted by Gasteiger charge is -2.21. The molecule has 1 aliphatic rings. The second-order valence-electron chi connectivity index (χ2n) is 5.46. The number of guanidine groups is 1. The molecule has 0 bridgehead atoms. The summed E-state index contributed by atoms with van der Waals surface area (Å²) in [6.45, 7) is 6.76. The van der Waals surface area contributed by atoms with Crippen LogP contribution in [0.2, 0.25) is 0 Å². The second-order valence-corrected chi connectivity index (χ2v) is 7.51. The fourth-order valence-electron chi connectivity index (χ4n) is 2.65. The van der Waals surface area contributed by atoms with E-state index in [-0.39, 0.29) is 29.2 Å². The average Bonchev–Trinajstić information content (AvgIpc) is 3.18. The van der Waals surface area contributed by atoms with Crippen molar-refractivity contribution in [1.82, 2.24) is 14.9 Å². The predicted octanol–water partition coefficient (Wildman–Crippen LogP) is 1.42. The maximum atomic E-state index is 12.1. The zero-order valence-electron chi connectivity index (χ0n) is 14.2. The summed E-state index contributed by atoms with van der Waals surface area (Å²) in [7, 11) is -3.24. The summed E-state index contributed by atoms with van der Waals surface area (Å²) in [5.74, 6) is 1.67. The van der Waals surface area contributed by atoms with E-state index in [1.54, 1.807) is 13.2 Å². The maximum absolute atomic E-state index is 12.1. The van der Waals surface area contributed by atoms with E-state index in [2.05, 4.69) is 15.0 Å². The minimum atomic E-state index is -3.24. The highest BCUT2D eigenvalue weighted by Gasteiger charge is 2.33. The van der Waals surface area contributed by atoms with Gasteiger partial charge in [-0.15, -0.1) is 24.0 Å². The van der Waals surface area contributed by atoms with Crippen LogP contribution in [0.4, 0.5) is 0 Å². The molecular formula is C15H27IN4O3S. The van der Waals surface area contributed by atoms with Crippen LogP contribution in [0.1, 0.15) is 26.0 Å². The number of furan rings is 1. The summed E-state index contributed by atoms with van der Waals surface area (Å²) in [5, 5.41) is 2.86. The van der Waals surface area contributed by atoms with Crippen molar-refractivity contribution in [3.8, 4) is 0 Å². The third kappa shape index (κ3) is 5.92. The first kappa shape index (κ1) is 21.2. The molecule has 1 aromatic heterocycles. The maximum Gasteiger partial charge on any atom is 0.216 e. The van der Waals surface area contributed by atoms with E-state index < -0.39 is 10.0 Å². The van der Waals surface area contributed by atoms with Gasteiger partial charge in [-0.2, -0.15) is 0 Å². The van der Waals surface area contributed by atoms with Gasteiger partial charge in [0.25, 0.3) is 0 Å². The Morgan fingerprint density at radius 2 is 2.21 bits per heavy atom. The third-order valence-corrected chi connectivity index (χ3v) is 5.72. The second kappa shape index (κ2) is 10.2. The summed E-state index contributed by atoms with van der Waals surface area (Å²) in [5.41, 5.74) is 0. The van der Waals surface area contributed by atoms with Crippen LogP contribution in [-0.2, 0) is 16.4 Å². The normalized spacial score (nSPS) is 18.5. The molecule has 0 saturated carbocycles. The number of hydrogen-bond donors (Lipinski definition) is 2. The average molecular weight is 470 g/mol. The number of nitrogens with one attached hydrogen (secondary N) is 2. The van der Waals surface area contributed by atoms with E-state index in [1.165, 1.54) is 0 Å². The fraction of sp³-hybridized carbons (Fsp3) is 0.667. The fourth-order valence-corrected chi connectivity index (χ4v) is 4.08. The predicted molar refractivity (Wildman–Crippen MR) is 106 cm³/mol. The number of rotatable bonds is 7. The molecule has 24 heavy (non-hydrogen) atoms. The highest BCUT2D eigenvalue weighted by Crippen LogP contribution is 2.16. The van der Waals surface area contributed by atoms with Crippen LogP contribution < -0.4 is 10.0 Å². The zero-order chi connectivity index (χ0) is 16.7. The van der Waals surface area contributed by atoms with Gasteiger partial charge in [-0.3, -0.25) is 4.99 Å². The van der Waals surface area contributed by atoms with Crippen LogP contribution in [0.25, 0.3) is 0 Å². The number of aliphatic imine (C=N–C) groups is 1. The number of nitrogens with zero attached hydrogens (tertiary/aromatic N) is 2. The van der Waals surface area contributed by atoms with Crippen molar-refractivity contribution in [2.75, 3.05) is 32.7 Å². The lowest BCUT2D eigenvalue weighted by atomic mass is 10.3. The minimum absolute atomic E-state index is 0. The molecule has 9 heteroatoms. The molecule has 0 aromatic carbocycles. The van der Waals surface area contributed by atoms with E-state index in [9.17, 15) is 8.42 Å². The summed E-state index contributed by atoms with van der Waals surface area (Å²) in [6.07, 6.45) is 3.01. The van der Waals surface area contributed by atoms with Crippen molar-refractivity contribution in [3.05, 3.63) is 24.2 Å². The van der Waals surface area contributed by atoms with E-state index in [0.29, 0.717) is 32.6 Å². The lowest BCUT2D eigenvalue weighted by molar-refractivity contribution is 0.486. The Hall–Kier alpha value is -0.810. The molecule has 0 aliphatic carbocycles. The molecule has 1 aromatic rings. The van der Waals surface area contributed by atoms with Gasteiger partial charge in [-0.25, -0.2) is 13.1 Å². The van der Waals surface area contributed by atoms with Gasteiger partial charge in [0.15, 0.2) is 5.96 Å². The van der Waals surface area contributed by atoms with Crippen LogP contribution in [0.5, 0.6) is 0 Å². The molecule has 1 atom stereocenters. The first-order valence-corrected chi connectivity index (χ1v) is 9.65. The van der Waals surface area contributed by atoms with Crippen molar-refractivity contribution in [2.45, 2.75) is 31.9 Å². The first-order chi connectivity index (χ1) is 11.1. The van der Waals surface area contributed by atoms with E-state index in [0.717, 1.165) is 24.7 Å². The number of hydrogen-bond acceptors (Lipinski definition) is 4. The van der Waals surface area contributed by atoms with Crippen molar-refractivity contribution in [3.63, 3.8) is 0 Å². The lowest BCUT2D eigenvalue weighted by Crippen LogP contribution is -2.42. The highest BCUT2D eigenvalue weighted by atomic mass is 127. The summed E-state index contributed by atoms with van der Waals surface area (Å²) >= 11 is 0. The first-order valence-electron chi connectivity index (χ1n) is 8.11. The monoisotopic (exact) mass is 470 g/mol. The minimum Gasteiger partial charge on any atom is -0.469 e. The molecule has 1 unspecified atom stereocenters. The van der Waals surface area contributed by atoms with E-state index in [4.69, 9.17) is 4.42 Å². The molecule has 1 fully saturated rings. The molecule has 7 nitrogen and oxygen atoms in total. The molecule has 1 saturated heterocycles. The topological polar surface area (TPSA) is 86.9 Å². The molecule has 2 N–H and O–H groups in total. The van der Waals surface area contributed by atoms with Gasteiger partial charge in [0.1, 0.15) is 5.76 Å². The van der Waals surface area contributed by atoms with Gasteiger partial charge in [0.2, 0.25) is 10.0 Å². The van der Waals surface area contributed by atoms with Crippen molar-refractivity contribution >= 4 is 40.0 Å². The number of likely N-dealkylation sites (tertiary alicyclic amines) is 1. The van der Waals surface area contributed by atoms with Gasteiger partial charge in [0, 0.05) is 39.1 Å². The van der Waals surface area contributed by atoms with Gasteiger partial charge < -0.3 is 14.6 Å². The molecule has 1 aliphatic heterocycles. The molecule has 0 radical (unpaired) electrons. The van der Waals surface area contributed by atoms with Crippen LogP contribution in [0.15, 0.2) is 27.8 Å². The Kier molecular flexibility index (Phi) is 9.06. The SMILES string of the molecule is CCNC(=NCCc1ccco1)N1CCC(S(=O)(=O)NCC)C1.I. The van der Waals surface area contributed by atoms with Gasteiger partial charge in [-0.05, 0) is 25.5 Å². The van der Waals surface area contributed by atoms with Crippen molar-refractivity contribution in [2.24, 2.45) is 4.99 Å². The molecule has 2 rings (SSSR count). The Morgan fingerprint density at radius 1 is 1.42 bits per heavy atom. The number of sulfonamides is 1. The molecule has 0 spiro atoms. The third-order valence-electron chi connectivity index (χ3n) is 3.76. The molecular weight excluding hydrogens is 443 g/mol. The van der Waals surface area contributed by atoms with Gasteiger partial charge in [-0.1, -0.05) is 6.92 Å². The van der Waals surface area contributed by atoms with Crippen LogP contribution >= 0.6 is 24.0 Å². The van der Waals surface area contributed by atoms with Gasteiger partial charge in [0.05, 0.1) is 11.5 Å².